The first-order valence-electron chi connectivity index (χ1n) is 6.32. The van der Waals surface area contributed by atoms with Crippen LogP contribution >= 0.6 is 0 Å². The van der Waals surface area contributed by atoms with E-state index < -0.39 is 0 Å². The lowest BCUT2D eigenvalue weighted by molar-refractivity contribution is -0.137. The zero-order valence-corrected chi connectivity index (χ0v) is 10.1. The van der Waals surface area contributed by atoms with Gasteiger partial charge in [-0.25, -0.2) is 0 Å². The molecule has 90 valence electrons. The first kappa shape index (κ1) is 10.8. The van der Waals surface area contributed by atoms with Gasteiger partial charge in [0.2, 0.25) is 5.91 Å². The van der Waals surface area contributed by atoms with Gasteiger partial charge in [0.25, 0.3) is 0 Å². The SMILES string of the molecule is Cc1cccc2c1CCN1C(=O)CCC(N)C21. The molecule has 3 nitrogen and oxygen atoms in total. The van der Waals surface area contributed by atoms with Gasteiger partial charge in [-0.1, -0.05) is 18.2 Å². The Labute approximate surface area is 102 Å². The molecule has 1 aromatic rings. The summed E-state index contributed by atoms with van der Waals surface area (Å²) in [4.78, 5) is 13.9. The van der Waals surface area contributed by atoms with Crippen molar-refractivity contribution in [3.05, 3.63) is 34.9 Å². The highest BCUT2D eigenvalue weighted by Crippen LogP contribution is 2.37. The molecule has 2 atom stereocenters. The molecule has 0 spiro atoms. The summed E-state index contributed by atoms with van der Waals surface area (Å²) in [5.41, 5.74) is 10.2. The minimum atomic E-state index is 0.0912. The predicted molar refractivity (Wildman–Crippen MR) is 66.5 cm³/mol. The minimum Gasteiger partial charge on any atom is -0.334 e. The largest absolute Gasteiger partial charge is 0.334 e. The van der Waals surface area contributed by atoms with Gasteiger partial charge >= 0.3 is 0 Å². The highest BCUT2D eigenvalue weighted by atomic mass is 16.2. The van der Waals surface area contributed by atoms with Gasteiger partial charge in [0.1, 0.15) is 0 Å². The smallest absolute Gasteiger partial charge is 0.223 e. The van der Waals surface area contributed by atoms with Crippen molar-refractivity contribution < 1.29 is 4.79 Å². The Morgan fingerprint density at radius 2 is 2.18 bits per heavy atom. The fourth-order valence-corrected chi connectivity index (χ4v) is 3.22. The molecule has 3 rings (SSSR count). The second-order valence-electron chi connectivity index (χ2n) is 5.13. The molecule has 0 aromatic heterocycles. The number of piperidine rings is 1. The van der Waals surface area contributed by atoms with E-state index in [-0.39, 0.29) is 18.0 Å². The van der Waals surface area contributed by atoms with Crippen LogP contribution in [0, 0.1) is 6.92 Å². The monoisotopic (exact) mass is 230 g/mol. The molecule has 2 aliphatic rings. The number of nitrogens with two attached hydrogens (primary N) is 1. The van der Waals surface area contributed by atoms with Crippen molar-refractivity contribution in [2.45, 2.75) is 38.3 Å². The zero-order valence-electron chi connectivity index (χ0n) is 10.1. The van der Waals surface area contributed by atoms with Gasteiger partial charge in [0.05, 0.1) is 6.04 Å². The lowest BCUT2D eigenvalue weighted by atomic mass is 9.82. The molecule has 0 radical (unpaired) electrons. The molecule has 2 heterocycles. The molecule has 1 saturated heterocycles. The standard InChI is InChI=1S/C14H18N2O/c1-9-3-2-4-11-10(9)7-8-16-13(17)6-5-12(15)14(11)16/h2-4,12,14H,5-8,15H2,1H3. The van der Waals surface area contributed by atoms with E-state index in [1.807, 2.05) is 4.90 Å². The summed E-state index contributed by atoms with van der Waals surface area (Å²) in [7, 11) is 0. The van der Waals surface area contributed by atoms with Crippen molar-refractivity contribution in [1.82, 2.24) is 4.90 Å². The third-order valence-corrected chi connectivity index (χ3v) is 4.12. The quantitative estimate of drug-likeness (QED) is 0.735. The van der Waals surface area contributed by atoms with Crippen LogP contribution in [0.4, 0.5) is 0 Å². The third kappa shape index (κ3) is 1.57. The van der Waals surface area contributed by atoms with E-state index in [2.05, 4.69) is 25.1 Å². The normalized spacial score (nSPS) is 27.6. The number of rotatable bonds is 0. The average molecular weight is 230 g/mol. The number of hydrogen-bond donors (Lipinski definition) is 1. The molecular weight excluding hydrogens is 212 g/mol. The van der Waals surface area contributed by atoms with Crippen LogP contribution in [0.15, 0.2) is 18.2 Å². The van der Waals surface area contributed by atoms with Gasteiger partial charge in [-0.05, 0) is 36.5 Å². The lowest BCUT2D eigenvalue weighted by Crippen LogP contribution is -2.51. The zero-order chi connectivity index (χ0) is 12.0. The van der Waals surface area contributed by atoms with Gasteiger partial charge in [0, 0.05) is 19.0 Å². The molecule has 3 heteroatoms. The Balaban J connectivity index is 2.09. The van der Waals surface area contributed by atoms with Crippen LogP contribution in [-0.2, 0) is 11.2 Å². The van der Waals surface area contributed by atoms with Crippen LogP contribution in [0.5, 0.6) is 0 Å². The number of carbonyl (C=O) groups is 1. The maximum Gasteiger partial charge on any atom is 0.223 e. The molecule has 0 aliphatic carbocycles. The van der Waals surface area contributed by atoms with Crippen LogP contribution in [0.25, 0.3) is 0 Å². The fraction of sp³-hybridized carbons (Fsp3) is 0.500. The van der Waals surface area contributed by atoms with E-state index in [9.17, 15) is 4.79 Å². The van der Waals surface area contributed by atoms with Crippen LogP contribution in [0.3, 0.4) is 0 Å². The Morgan fingerprint density at radius 3 is 3.00 bits per heavy atom. The lowest BCUT2D eigenvalue weighted by Gasteiger charge is -2.44. The maximum atomic E-state index is 11.9. The number of fused-ring (bicyclic) bond motifs is 3. The predicted octanol–water partition coefficient (Wildman–Crippen LogP) is 1.54. The minimum absolute atomic E-state index is 0.0912. The molecule has 1 fully saturated rings. The van der Waals surface area contributed by atoms with Gasteiger partial charge in [-0.15, -0.1) is 0 Å². The summed E-state index contributed by atoms with van der Waals surface area (Å²) < 4.78 is 0. The second kappa shape index (κ2) is 3.84. The molecule has 2 unspecified atom stereocenters. The third-order valence-electron chi connectivity index (χ3n) is 4.12. The number of carbonyl (C=O) groups excluding carboxylic acids is 1. The molecule has 17 heavy (non-hydrogen) atoms. The van der Waals surface area contributed by atoms with E-state index in [0.29, 0.717) is 6.42 Å². The molecule has 1 amide bonds. The molecule has 0 saturated carbocycles. The number of nitrogens with zero attached hydrogens (tertiary/aromatic N) is 1. The summed E-state index contributed by atoms with van der Waals surface area (Å²) in [5, 5.41) is 0. The van der Waals surface area contributed by atoms with Crippen molar-refractivity contribution in [1.29, 1.82) is 0 Å². The van der Waals surface area contributed by atoms with Gasteiger partial charge < -0.3 is 10.6 Å². The highest BCUT2D eigenvalue weighted by molar-refractivity contribution is 5.78. The van der Waals surface area contributed by atoms with Crippen molar-refractivity contribution >= 4 is 5.91 Å². The molecule has 0 bridgehead atoms. The number of aryl methyl sites for hydroxylation is 1. The Morgan fingerprint density at radius 1 is 1.35 bits per heavy atom. The van der Waals surface area contributed by atoms with Crippen molar-refractivity contribution in [2.24, 2.45) is 5.73 Å². The molecular formula is C14H18N2O. The Kier molecular flexibility index (Phi) is 2.44. The van der Waals surface area contributed by atoms with E-state index in [1.165, 1.54) is 16.7 Å². The summed E-state index contributed by atoms with van der Waals surface area (Å²) in [6.07, 6.45) is 2.39. The summed E-state index contributed by atoms with van der Waals surface area (Å²) in [5.74, 6) is 0.267. The molecule has 1 aromatic carbocycles. The second-order valence-corrected chi connectivity index (χ2v) is 5.13. The first-order chi connectivity index (χ1) is 8.18. The number of amides is 1. The van der Waals surface area contributed by atoms with E-state index in [1.54, 1.807) is 0 Å². The summed E-state index contributed by atoms with van der Waals surface area (Å²) in [6, 6.07) is 6.56. The molecule has 2 N–H and O–H groups in total. The van der Waals surface area contributed by atoms with E-state index in [0.717, 1.165) is 19.4 Å². The van der Waals surface area contributed by atoms with Crippen LogP contribution < -0.4 is 5.73 Å². The van der Waals surface area contributed by atoms with Gasteiger partial charge in [-0.2, -0.15) is 0 Å². The van der Waals surface area contributed by atoms with Crippen LogP contribution in [0.1, 0.15) is 35.6 Å². The fourth-order valence-electron chi connectivity index (χ4n) is 3.22. The van der Waals surface area contributed by atoms with Crippen molar-refractivity contribution in [3.8, 4) is 0 Å². The van der Waals surface area contributed by atoms with Crippen LogP contribution in [-0.4, -0.2) is 23.4 Å². The maximum absolute atomic E-state index is 11.9. The highest BCUT2D eigenvalue weighted by Gasteiger charge is 2.38. The van der Waals surface area contributed by atoms with E-state index >= 15 is 0 Å². The van der Waals surface area contributed by atoms with Gasteiger partial charge in [0.15, 0.2) is 0 Å². The Bertz CT molecular complexity index is 469. The average Bonchev–Trinajstić information content (AvgIpc) is 2.33. The van der Waals surface area contributed by atoms with Crippen molar-refractivity contribution in [3.63, 3.8) is 0 Å². The Hall–Kier alpha value is -1.35. The van der Waals surface area contributed by atoms with Crippen molar-refractivity contribution in [2.75, 3.05) is 6.54 Å². The molecule has 2 aliphatic heterocycles. The topological polar surface area (TPSA) is 46.3 Å². The van der Waals surface area contributed by atoms with Crippen LogP contribution in [0.2, 0.25) is 0 Å². The summed E-state index contributed by atoms with van der Waals surface area (Å²) >= 11 is 0. The van der Waals surface area contributed by atoms with E-state index in [4.69, 9.17) is 5.73 Å². The summed E-state index contributed by atoms with van der Waals surface area (Å²) in [6.45, 7) is 2.97. The number of hydrogen-bond acceptors (Lipinski definition) is 2. The van der Waals surface area contributed by atoms with Gasteiger partial charge in [-0.3, -0.25) is 4.79 Å². The first-order valence-corrected chi connectivity index (χ1v) is 6.32. The number of benzene rings is 1.